The van der Waals surface area contributed by atoms with Gasteiger partial charge in [0, 0.05) is 11.1 Å². The summed E-state index contributed by atoms with van der Waals surface area (Å²) in [5, 5.41) is 0. The lowest BCUT2D eigenvalue weighted by molar-refractivity contribution is 0.103. The van der Waals surface area contributed by atoms with E-state index in [9.17, 15) is 4.79 Å². The zero-order valence-corrected chi connectivity index (χ0v) is 14.1. The smallest absolute Gasteiger partial charge is 0.193 e. The Morgan fingerprint density at radius 3 is 2.09 bits per heavy atom. The number of carbonyl (C=O) groups excluding carboxylic acids is 1. The lowest BCUT2D eigenvalue weighted by Gasteiger charge is -2.07. The van der Waals surface area contributed by atoms with Crippen molar-refractivity contribution in [2.75, 3.05) is 13.2 Å². The summed E-state index contributed by atoms with van der Waals surface area (Å²) >= 11 is 0. The fourth-order valence-electron chi connectivity index (χ4n) is 2.25. The van der Waals surface area contributed by atoms with E-state index in [2.05, 4.69) is 0 Å². The zero-order valence-electron chi connectivity index (χ0n) is 13.2. The van der Waals surface area contributed by atoms with Gasteiger partial charge in [-0.3, -0.25) is 4.79 Å². The molecule has 0 aliphatic rings. The zero-order chi connectivity index (χ0) is 15.6. The number of hydrogen-bond donors (Lipinski definition) is 1. The van der Waals surface area contributed by atoms with Crippen LogP contribution in [0.5, 0.6) is 5.75 Å². The number of rotatable bonds is 9. The highest BCUT2D eigenvalue weighted by atomic mass is 35.5. The van der Waals surface area contributed by atoms with Crippen molar-refractivity contribution >= 4 is 18.2 Å². The van der Waals surface area contributed by atoms with Crippen LogP contribution in [0.15, 0.2) is 54.6 Å². The molecule has 124 valence electrons. The van der Waals surface area contributed by atoms with E-state index >= 15 is 0 Å². The molecule has 0 saturated heterocycles. The van der Waals surface area contributed by atoms with Crippen LogP contribution in [0.25, 0.3) is 0 Å². The average molecular weight is 334 g/mol. The molecule has 2 rings (SSSR count). The fraction of sp³-hybridized carbons (Fsp3) is 0.316. The molecule has 0 saturated carbocycles. The molecule has 0 atom stereocenters. The van der Waals surface area contributed by atoms with Crippen LogP contribution < -0.4 is 10.5 Å². The monoisotopic (exact) mass is 333 g/mol. The van der Waals surface area contributed by atoms with Gasteiger partial charge in [-0.1, -0.05) is 43.2 Å². The second kappa shape index (κ2) is 10.8. The third-order valence-electron chi connectivity index (χ3n) is 3.52. The maximum atomic E-state index is 12.3. The van der Waals surface area contributed by atoms with Gasteiger partial charge in [0.25, 0.3) is 0 Å². The predicted octanol–water partition coefficient (Wildman–Crippen LogP) is 4.24. The molecule has 0 radical (unpaired) electrons. The first-order valence-electron chi connectivity index (χ1n) is 7.84. The molecule has 0 aliphatic carbocycles. The molecule has 0 heterocycles. The third kappa shape index (κ3) is 6.43. The molecule has 0 fully saturated rings. The maximum absolute atomic E-state index is 12.3. The van der Waals surface area contributed by atoms with Crippen molar-refractivity contribution in [3.8, 4) is 5.75 Å². The Morgan fingerprint density at radius 1 is 0.826 bits per heavy atom. The summed E-state index contributed by atoms with van der Waals surface area (Å²) in [7, 11) is 0. The topological polar surface area (TPSA) is 52.3 Å². The predicted molar refractivity (Wildman–Crippen MR) is 96.6 cm³/mol. The Hall–Kier alpha value is -1.84. The summed E-state index contributed by atoms with van der Waals surface area (Å²) in [6.45, 7) is 1.47. The van der Waals surface area contributed by atoms with Crippen LogP contribution in [0, 0.1) is 0 Å². The van der Waals surface area contributed by atoms with Crippen LogP contribution in [0.1, 0.15) is 41.6 Å². The SMILES string of the molecule is Cl.NCCCCCCOc1ccc(C(=O)c2ccccc2)cc1. The van der Waals surface area contributed by atoms with Gasteiger partial charge in [-0.05, 0) is 43.7 Å². The normalized spacial score (nSPS) is 9.96. The minimum atomic E-state index is 0. The number of unbranched alkanes of at least 4 members (excludes halogenated alkanes) is 3. The molecule has 0 aromatic heterocycles. The number of hydrogen-bond acceptors (Lipinski definition) is 3. The van der Waals surface area contributed by atoms with Crippen molar-refractivity contribution in [3.05, 3.63) is 65.7 Å². The van der Waals surface area contributed by atoms with Gasteiger partial charge in [-0.25, -0.2) is 0 Å². The maximum Gasteiger partial charge on any atom is 0.193 e. The van der Waals surface area contributed by atoms with Gasteiger partial charge in [0.15, 0.2) is 5.78 Å². The second-order valence-corrected chi connectivity index (χ2v) is 5.27. The van der Waals surface area contributed by atoms with Crippen LogP contribution >= 0.6 is 12.4 Å². The number of halogens is 1. The van der Waals surface area contributed by atoms with Gasteiger partial charge in [0.2, 0.25) is 0 Å². The molecule has 3 nitrogen and oxygen atoms in total. The quantitative estimate of drug-likeness (QED) is 0.551. The lowest BCUT2D eigenvalue weighted by atomic mass is 10.0. The van der Waals surface area contributed by atoms with Crippen molar-refractivity contribution in [1.82, 2.24) is 0 Å². The number of ether oxygens (including phenoxy) is 1. The van der Waals surface area contributed by atoms with E-state index in [1.165, 1.54) is 0 Å². The van der Waals surface area contributed by atoms with Crippen LogP contribution in [-0.2, 0) is 0 Å². The first-order valence-corrected chi connectivity index (χ1v) is 7.84. The van der Waals surface area contributed by atoms with Crippen molar-refractivity contribution in [3.63, 3.8) is 0 Å². The standard InChI is InChI=1S/C19H23NO2.ClH/c20-14-6-1-2-7-15-22-18-12-10-17(11-13-18)19(21)16-8-4-3-5-9-16;/h3-5,8-13H,1-2,6-7,14-15,20H2;1H. The van der Waals surface area contributed by atoms with Gasteiger partial charge in [-0.15, -0.1) is 12.4 Å². The second-order valence-electron chi connectivity index (χ2n) is 5.27. The molecule has 2 aromatic rings. The largest absolute Gasteiger partial charge is 0.494 e. The highest BCUT2D eigenvalue weighted by Crippen LogP contribution is 2.16. The molecule has 0 unspecified atom stereocenters. The van der Waals surface area contributed by atoms with E-state index in [-0.39, 0.29) is 18.2 Å². The van der Waals surface area contributed by atoms with Gasteiger partial charge in [0.1, 0.15) is 5.75 Å². The van der Waals surface area contributed by atoms with E-state index in [1.807, 2.05) is 54.6 Å². The number of carbonyl (C=O) groups is 1. The fourth-order valence-corrected chi connectivity index (χ4v) is 2.25. The summed E-state index contributed by atoms with van der Waals surface area (Å²) < 4.78 is 5.68. The number of ketones is 1. The molecular weight excluding hydrogens is 310 g/mol. The molecule has 23 heavy (non-hydrogen) atoms. The van der Waals surface area contributed by atoms with Crippen LogP contribution in [0.3, 0.4) is 0 Å². The molecule has 4 heteroatoms. The molecule has 0 spiro atoms. The first-order chi connectivity index (χ1) is 10.8. The summed E-state index contributed by atoms with van der Waals surface area (Å²) in [6, 6.07) is 16.7. The van der Waals surface area contributed by atoms with Gasteiger partial charge in [-0.2, -0.15) is 0 Å². The molecule has 0 amide bonds. The summed E-state index contributed by atoms with van der Waals surface area (Å²) in [5.41, 5.74) is 6.84. The van der Waals surface area contributed by atoms with E-state index in [1.54, 1.807) is 0 Å². The summed E-state index contributed by atoms with van der Waals surface area (Å²) in [5.74, 6) is 0.845. The Bertz CT molecular complexity index is 570. The molecular formula is C19H24ClNO2. The highest BCUT2D eigenvalue weighted by Gasteiger charge is 2.08. The lowest BCUT2D eigenvalue weighted by Crippen LogP contribution is -2.02. The Balaban J connectivity index is 0.00000264. The van der Waals surface area contributed by atoms with Crippen LogP contribution in [0.2, 0.25) is 0 Å². The van der Waals surface area contributed by atoms with Crippen LogP contribution in [0.4, 0.5) is 0 Å². The highest BCUT2D eigenvalue weighted by molar-refractivity contribution is 6.08. The van der Waals surface area contributed by atoms with Crippen molar-refractivity contribution in [2.24, 2.45) is 5.73 Å². The average Bonchev–Trinajstić information content (AvgIpc) is 2.59. The Morgan fingerprint density at radius 2 is 1.43 bits per heavy atom. The number of benzene rings is 2. The summed E-state index contributed by atoms with van der Waals surface area (Å²) in [6.07, 6.45) is 4.41. The van der Waals surface area contributed by atoms with E-state index in [4.69, 9.17) is 10.5 Å². The Kier molecular flexibility index (Phi) is 9.03. The minimum Gasteiger partial charge on any atom is -0.494 e. The number of nitrogens with two attached hydrogens (primary N) is 1. The first kappa shape index (κ1) is 19.2. The summed E-state index contributed by atoms with van der Waals surface area (Å²) in [4.78, 5) is 12.3. The molecule has 0 bridgehead atoms. The molecule has 2 aromatic carbocycles. The third-order valence-corrected chi connectivity index (χ3v) is 3.52. The van der Waals surface area contributed by atoms with Crippen molar-refractivity contribution in [2.45, 2.75) is 25.7 Å². The molecule has 0 aliphatic heterocycles. The van der Waals surface area contributed by atoms with Crippen molar-refractivity contribution < 1.29 is 9.53 Å². The minimum absolute atomic E-state index is 0. The van der Waals surface area contributed by atoms with E-state index in [0.29, 0.717) is 17.7 Å². The van der Waals surface area contributed by atoms with Crippen molar-refractivity contribution in [1.29, 1.82) is 0 Å². The van der Waals surface area contributed by atoms with Gasteiger partial charge >= 0.3 is 0 Å². The van der Waals surface area contributed by atoms with Crippen LogP contribution in [-0.4, -0.2) is 18.9 Å². The molecule has 2 N–H and O–H groups in total. The van der Waals surface area contributed by atoms with E-state index in [0.717, 1.165) is 38.0 Å². The Labute approximate surface area is 144 Å². The van der Waals surface area contributed by atoms with Gasteiger partial charge in [0.05, 0.1) is 6.61 Å². The van der Waals surface area contributed by atoms with E-state index < -0.39 is 0 Å². The van der Waals surface area contributed by atoms with Gasteiger partial charge < -0.3 is 10.5 Å².